The van der Waals surface area contributed by atoms with Crippen LogP contribution in [0, 0.1) is 20.2 Å². The maximum Gasteiger partial charge on any atom is 0.349 e. The van der Waals surface area contributed by atoms with Crippen LogP contribution in [-0.2, 0) is 14.2 Å². The summed E-state index contributed by atoms with van der Waals surface area (Å²) in [5.74, 6) is -0.330. The first-order valence-electron chi connectivity index (χ1n) is 10.2. The van der Waals surface area contributed by atoms with E-state index in [9.17, 15) is 56.0 Å². The van der Waals surface area contributed by atoms with Gasteiger partial charge in [-0.2, -0.15) is 0 Å². The third kappa shape index (κ3) is 5.48. The van der Waals surface area contributed by atoms with Gasteiger partial charge in [0.1, 0.15) is 54.6 Å². The Morgan fingerprint density at radius 3 is 1.91 bits per heavy atom. The molecule has 0 aliphatic carbocycles. The zero-order valence-electron chi connectivity index (χ0n) is 17.7. The van der Waals surface area contributed by atoms with Crippen molar-refractivity contribution in [2.24, 2.45) is 0 Å². The van der Waals surface area contributed by atoms with Crippen molar-refractivity contribution in [2.75, 3.05) is 13.2 Å². The first-order chi connectivity index (χ1) is 16.5. The zero-order valence-corrected chi connectivity index (χ0v) is 17.7. The molecule has 1 aromatic carbocycles. The lowest BCUT2D eigenvalue weighted by molar-refractivity contribution is -0.422. The van der Waals surface area contributed by atoms with Gasteiger partial charge in [0.05, 0.1) is 29.1 Å². The Bertz CT molecular complexity index is 914. The van der Waals surface area contributed by atoms with Crippen LogP contribution in [0.3, 0.4) is 0 Å². The summed E-state index contributed by atoms with van der Waals surface area (Å²) in [4.78, 5) is 20.1. The molecule has 0 saturated carbocycles. The summed E-state index contributed by atoms with van der Waals surface area (Å²) in [7, 11) is 0. The lowest BCUT2D eigenvalue weighted by atomic mass is 9.97. The van der Waals surface area contributed by atoms with Gasteiger partial charge in [-0.05, 0) is 6.07 Å². The summed E-state index contributed by atoms with van der Waals surface area (Å²) in [6.07, 6.45) is -16.9. The second-order valence-corrected chi connectivity index (χ2v) is 7.79. The van der Waals surface area contributed by atoms with Crippen LogP contribution in [0.5, 0.6) is 5.75 Å². The highest BCUT2D eigenvalue weighted by Crippen LogP contribution is 2.34. The van der Waals surface area contributed by atoms with Crippen LogP contribution in [0.1, 0.15) is 0 Å². The molecule has 1 aromatic rings. The minimum absolute atomic E-state index is 0.330. The highest BCUT2D eigenvalue weighted by Gasteiger charge is 2.51. The fourth-order valence-corrected chi connectivity index (χ4v) is 3.66. The van der Waals surface area contributed by atoms with Crippen LogP contribution in [0.15, 0.2) is 18.2 Å². The Morgan fingerprint density at radius 1 is 0.771 bits per heavy atom. The van der Waals surface area contributed by atoms with E-state index < -0.39 is 95.8 Å². The number of nitro groups is 2. The molecule has 196 valence electrons. The number of ether oxygens (including phenoxy) is 4. The number of nitrogens with zero attached hydrogens (tertiary/aromatic N) is 2. The van der Waals surface area contributed by atoms with E-state index in [-0.39, 0.29) is 5.75 Å². The van der Waals surface area contributed by atoms with E-state index in [4.69, 9.17) is 18.9 Å². The summed E-state index contributed by atoms with van der Waals surface area (Å²) in [5.41, 5.74) is -1.71. The Morgan fingerprint density at radius 2 is 1.34 bits per heavy atom. The van der Waals surface area contributed by atoms with Crippen LogP contribution in [0.4, 0.5) is 11.4 Å². The van der Waals surface area contributed by atoms with Gasteiger partial charge in [0.25, 0.3) is 0 Å². The third-order valence-corrected chi connectivity index (χ3v) is 5.55. The van der Waals surface area contributed by atoms with Crippen molar-refractivity contribution in [3.8, 4) is 5.75 Å². The summed E-state index contributed by atoms with van der Waals surface area (Å²) < 4.78 is 21.3. The molecule has 0 amide bonds. The van der Waals surface area contributed by atoms with E-state index in [2.05, 4.69) is 0 Å². The molecule has 0 radical (unpaired) electrons. The van der Waals surface area contributed by atoms with Crippen LogP contribution >= 0.6 is 0 Å². The second-order valence-electron chi connectivity index (χ2n) is 7.79. The molecule has 17 heteroatoms. The number of hydrogen-bond donors (Lipinski definition) is 7. The molecule has 0 bridgehead atoms. The Kier molecular flexibility index (Phi) is 8.49. The quantitative estimate of drug-likeness (QED) is 0.133. The molecule has 17 nitrogen and oxygen atoms in total. The Labute approximate surface area is 195 Å². The average molecular weight is 508 g/mol. The molecule has 2 heterocycles. The molecule has 0 aromatic heterocycles. The molecule has 7 N–H and O–H groups in total. The average Bonchev–Trinajstić information content (AvgIpc) is 2.83. The summed E-state index contributed by atoms with van der Waals surface area (Å²) >= 11 is 0. The van der Waals surface area contributed by atoms with Gasteiger partial charge >= 0.3 is 11.4 Å². The van der Waals surface area contributed by atoms with Crippen molar-refractivity contribution in [3.05, 3.63) is 38.4 Å². The number of aliphatic hydroxyl groups excluding tert-OH is 7. The highest BCUT2D eigenvalue weighted by molar-refractivity contribution is 5.55. The largest absolute Gasteiger partial charge is 0.462 e. The molecule has 3 rings (SSSR count). The molecule has 10 atom stereocenters. The van der Waals surface area contributed by atoms with Gasteiger partial charge in [-0.3, -0.25) is 20.2 Å². The van der Waals surface area contributed by atoms with E-state index in [0.29, 0.717) is 6.07 Å². The van der Waals surface area contributed by atoms with E-state index in [1.165, 1.54) is 0 Å². The van der Waals surface area contributed by atoms with Crippen LogP contribution in [0.25, 0.3) is 0 Å². The van der Waals surface area contributed by atoms with Crippen molar-refractivity contribution in [1.82, 2.24) is 0 Å². The van der Waals surface area contributed by atoms with Crippen molar-refractivity contribution in [1.29, 1.82) is 0 Å². The number of nitro benzene ring substituents is 2. The topological polar surface area (TPSA) is 265 Å². The number of rotatable bonds is 8. The predicted molar refractivity (Wildman–Crippen MR) is 107 cm³/mol. The third-order valence-electron chi connectivity index (χ3n) is 5.55. The van der Waals surface area contributed by atoms with E-state index >= 15 is 0 Å². The van der Waals surface area contributed by atoms with Gasteiger partial charge in [-0.15, -0.1) is 0 Å². The van der Waals surface area contributed by atoms with E-state index in [0.717, 1.165) is 12.1 Å². The number of hydrogen-bond acceptors (Lipinski definition) is 15. The summed E-state index contributed by atoms with van der Waals surface area (Å²) in [6, 6.07) is 2.51. The fourth-order valence-electron chi connectivity index (χ4n) is 3.66. The van der Waals surface area contributed by atoms with Crippen LogP contribution in [0.2, 0.25) is 0 Å². The monoisotopic (exact) mass is 508 g/mol. The SMILES string of the molecule is O=[N+]([O-])c1ccc(O[C@@H]2O[C@@H](CO)[C@@H](O[C@@H]3O[C@@H](CO)[C@@H](O)[C@@H](O)[C@H]3O)[C@@H](O)[C@@H]2O)cc1[N+](=O)[O-]. The van der Waals surface area contributed by atoms with Crippen LogP contribution in [-0.4, -0.2) is 120 Å². The summed E-state index contributed by atoms with van der Waals surface area (Å²) in [5, 5.41) is 91.9. The molecule has 2 aliphatic rings. The van der Waals surface area contributed by atoms with Crippen molar-refractivity contribution >= 4 is 11.4 Å². The molecule has 2 aliphatic heterocycles. The van der Waals surface area contributed by atoms with Gasteiger partial charge in [0.15, 0.2) is 6.29 Å². The standard InChI is InChI=1S/C18H24N2O15/c21-4-9-11(23)12(24)14(26)18(33-9)35-16-10(5-22)34-17(15(27)13(16)25)32-6-1-2-7(19(28)29)8(3-6)20(30)31/h1-3,9-18,21-27H,4-5H2/t9-,10-,11+,12+,13-,14+,15-,16+,17+,18-/m0/s1. The number of aliphatic hydroxyl groups is 7. The van der Waals surface area contributed by atoms with Gasteiger partial charge in [0, 0.05) is 6.07 Å². The molecule has 35 heavy (non-hydrogen) atoms. The lowest BCUT2D eigenvalue weighted by Crippen LogP contribution is -2.65. The molecule has 0 spiro atoms. The van der Waals surface area contributed by atoms with Gasteiger partial charge < -0.3 is 54.7 Å². The lowest BCUT2D eigenvalue weighted by Gasteiger charge is -2.45. The predicted octanol–water partition coefficient (Wildman–Crippen LogP) is -3.49. The maximum atomic E-state index is 11.1. The normalized spacial score (nSPS) is 37.6. The van der Waals surface area contributed by atoms with Crippen molar-refractivity contribution in [2.45, 2.75) is 61.4 Å². The van der Waals surface area contributed by atoms with E-state index in [1.54, 1.807) is 0 Å². The smallest absolute Gasteiger partial charge is 0.349 e. The maximum absolute atomic E-state index is 11.1. The molecule has 0 unspecified atom stereocenters. The molecule has 2 saturated heterocycles. The van der Waals surface area contributed by atoms with Gasteiger partial charge in [-0.25, -0.2) is 0 Å². The Balaban J connectivity index is 1.76. The van der Waals surface area contributed by atoms with Crippen LogP contribution < -0.4 is 4.74 Å². The second kappa shape index (κ2) is 11.0. The fraction of sp³-hybridized carbons (Fsp3) is 0.667. The van der Waals surface area contributed by atoms with Gasteiger partial charge in [0.2, 0.25) is 6.29 Å². The minimum atomic E-state index is -1.90. The molecular formula is C18H24N2O15. The number of benzene rings is 1. The first-order valence-corrected chi connectivity index (χ1v) is 10.2. The molecule has 2 fully saturated rings. The van der Waals surface area contributed by atoms with Gasteiger partial charge in [-0.1, -0.05) is 0 Å². The minimum Gasteiger partial charge on any atom is -0.462 e. The molecular weight excluding hydrogens is 484 g/mol. The van der Waals surface area contributed by atoms with E-state index in [1.807, 2.05) is 0 Å². The zero-order chi connectivity index (χ0) is 26.0. The highest BCUT2D eigenvalue weighted by atomic mass is 16.7. The van der Waals surface area contributed by atoms with Crippen molar-refractivity contribution in [3.63, 3.8) is 0 Å². The summed E-state index contributed by atoms with van der Waals surface area (Å²) in [6.45, 7) is -1.58. The first kappa shape index (κ1) is 27.0. The van der Waals surface area contributed by atoms with Crippen molar-refractivity contribution < 1.29 is 64.5 Å². The Hall–Kier alpha value is -2.58.